The fourth-order valence-electron chi connectivity index (χ4n) is 2.93. The zero-order valence-electron chi connectivity index (χ0n) is 14.7. The third-order valence-electron chi connectivity index (χ3n) is 4.12. The van der Waals surface area contributed by atoms with Crippen molar-refractivity contribution in [1.82, 2.24) is 14.8 Å². The van der Waals surface area contributed by atoms with Gasteiger partial charge in [0, 0.05) is 22.3 Å². The average molecular weight is 421 g/mol. The molecule has 8 nitrogen and oxygen atoms in total. The van der Waals surface area contributed by atoms with Gasteiger partial charge in [0.15, 0.2) is 11.6 Å². The molecule has 0 spiro atoms. The van der Waals surface area contributed by atoms with Crippen molar-refractivity contribution < 1.29 is 19.7 Å². The molecule has 0 fully saturated rings. The van der Waals surface area contributed by atoms with Crippen LogP contribution in [0.15, 0.2) is 58.4 Å². The summed E-state index contributed by atoms with van der Waals surface area (Å²) in [6.07, 6.45) is 1.40. The third-order valence-corrected chi connectivity index (χ3v) is 4.66. The minimum atomic E-state index is -0.876. The van der Waals surface area contributed by atoms with Crippen LogP contribution in [-0.2, 0) is 0 Å². The van der Waals surface area contributed by atoms with Crippen molar-refractivity contribution in [1.29, 1.82) is 0 Å². The summed E-state index contributed by atoms with van der Waals surface area (Å²) < 4.78 is 30.0. The zero-order valence-corrected chi connectivity index (χ0v) is 15.6. The highest BCUT2D eigenvalue weighted by molar-refractivity contribution is 7.97. The molecule has 0 saturated carbocycles. The second-order valence-corrected chi connectivity index (χ2v) is 6.51. The molecule has 9 N–H and O–H groups in total. The van der Waals surface area contributed by atoms with Crippen LogP contribution in [0.4, 0.5) is 14.5 Å². The van der Waals surface area contributed by atoms with Gasteiger partial charge in [-0.25, -0.2) is 13.5 Å². The van der Waals surface area contributed by atoms with E-state index in [1.54, 1.807) is 24.3 Å². The molecule has 0 unspecified atom stereocenters. The van der Waals surface area contributed by atoms with Crippen LogP contribution in [0.5, 0.6) is 0 Å². The first-order valence-electron chi connectivity index (χ1n) is 7.82. The van der Waals surface area contributed by atoms with Crippen molar-refractivity contribution in [3.8, 4) is 16.9 Å². The Balaban J connectivity index is 0.00000150. The number of fused-ring (bicyclic) bond motifs is 1. The molecule has 2 heterocycles. The van der Waals surface area contributed by atoms with Crippen molar-refractivity contribution in [2.24, 2.45) is 5.14 Å². The lowest BCUT2D eigenvalue weighted by molar-refractivity contribution is 0.564. The van der Waals surface area contributed by atoms with E-state index in [1.165, 1.54) is 12.3 Å². The lowest BCUT2D eigenvalue weighted by Crippen LogP contribution is -2.07. The van der Waals surface area contributed by atoms with E-state index in [9.17, 15) is 13.6 Å². The molecule has 2 aromatic carbocycles. The van der Waals surface area contributed by atoms with Crippen LogP contribution in [0.3, 0.4) is 0 Å². The van der Waals surface area contributed by atoms with Gasteiger partial charge in [0.25, 0.3) is 5.56 Å². The van der Waals surface area contributed by atoms with Crippen LogP contribution in [0.25, 0.3) is 27.8 Å². The SMILES string of the molecule is NSc1ccc(-c2nn(-c3c(F)cc(N)cc3F)c3cc[nH]c(=O)c23)cc1.O.O. The molecular formula is C18H17F2N5O3S. The quantitative estimate of drug-likeness (QED) is 0.337. The maximum absolute atomic E-state index is 14.5. The Morgan fingerprint density at radius 2 is 1.66 bits per heavy atom. The van der Waals surface area contributed by atoms with E-state index in [2.05, 4.69) is 10.1 Å². The molecule has 4 aromatic rings. The molecule has 0 amide bonds. The van der Waals surface area contributed by atoms with Crippen LogP contribution < -0.4 is 16.4 Å². The number of rotatable bonds is 3. The van der Waals surface area contributed by atoms with Crippen molar-refractivity contribution in [3.05, 3.63) is 70.6 Å². The number of hydrogen-bond acceptors (Lipinski definition) is 5. The summed E-state index contributed by atoms with van der Waals surface area (Å²) in [5.74, 6) is -1.75. The summed E-state index contributed by atoms with van der Waals surface area (Å²) in [7, 11) is 0. The fourth-order valence-corrected chi connectivity index (χ4v) is 3.22. The van der Waals surface area contributed by atoms with Gasteiger partial charge in [-0.05, 0) is 42.3 Å². The van der Waals surface area contributed by atoms with E-state index < -0.39 is 22.9 Å². The monoisotopic (exact) mass is 421 g/mol. The van der Waals surface area contributed by atoms with Crippen LogP contribution >= 0.6 is 11.9 Å². The third kappa shape index (κ3) is 3.71. The topological polar surface area (TPSA) is 166 Å². The van der Waals surface area contributed by atoms with E-state index in [0.717, 1.165) is 33.7 Å². The normalized spacial score (nSPS) is 10.4. The van der Waals surface area contributed by atoms with Gasteiger partial charge < -0.3 is 21.7 Å². The molecule has 0 aliphatic carbocycles. The number of benzene rings is 2. The maximum atomic E-state index is 14.5. The second-order valence-electron chi connectivity index (χ2n) is 5.80. The Morgan fingerprint density at radius 3 is 2.24 bits per heavy atom. The summed E-state index contributed by atoms with van der Waals surface area (Å²) in [6, 6.07) is 10.6. The van der Waals surface area contributed by atoms with E-state index in [4.69, 9.17) is 10.9 Å². The second kappa shape index (κ2) is 8.41. The highest BCUT2D eigenvalue weighted by Crippen LogP contribution is 2.30. The largest absolute Gasteiger partial charge is 0.412 e. The molecular weight excluding hydrogens is 404 g/mol. The first kappa shape index (κ1) is 22.0. The first-order chi connectivity index (χ1) is 13.0. The summed E-state index contributed by atoms with van der Waals surface area (Å²) in [5.41, 5.74) is 5.82. The van der Waals surface area contributed by atoms with Gasteiger partial charge in [-0.15, -0.1) is 0 Å². The lowest BCUT2D eigenvalue weighted by Gasteiger charge is -2.07. The molecule has 0 bridgehead atoms. The van der Waals surface area contributed by atoms with Gasteiger partial charge in [-0.2, -0.15) is 5.10 Å². The summed E-state index contributed by atoms with van der Waals surface area (Å²) in [4.78, 5) is 15.8. The number of anilines is 1. The molecule has 0 radical (unpaired) electrons. The van der Waals surface area contributed by atoms with E-state index in [1.807, 2.05) is 0 Å². The number of nitrogens with zero attached hydrogens (tertiary/aromatic N) is 2. The Kier molecular flexibility index (Phi) is 6.39. The smallest absolute Gasteiger partial charge is 0.259 e. The zero-order chi connectivity index (χ0) is 19.1. The minimum Gasteiger partial charge on any atom is -0.412 e. The van der Waals surface area contributed by atoms with Crippen LogP contribution in [0.2, 0.25) is 0 Å². The number of nitrogens with two attached hydrogens (primary N) is 2. The van der Waals surface area contributed by atoms with Gasteiger partial charge in [0.1, 0.15) is 11.4 Å². The number of aromatic nitrogens is 3. The van der Waals surface area contributed by atoms with Crippen molar-refractivity contribution >= 4 is 28.5 Å². The van der Waals surface area contributed by atoms with E-state index in [-0.39, 0.29) is 27.5 Å². The highest BCUT2D eigenvalue weighted by atomic mass is 32.2. The molecule has 0 aliphatic heterocycles. The molecule has 29 heavy (non-hydrogen) atoms. The van der Waals surface area contributed by atoms with Gasteiger partial charge in [-0.1, -0.05) is 12.1 Å². The predicted octanol–water partition coefficient (Wildman–Crippen LogP) is 1.56. The summed E-state index contributed by atoms with van der Waals surface area (Å²) in [5, 5.41) is 10.1. The van der Waals surface area contributed by atoms with E-state index in [0.29, 0.717) is 11.3 Å². The number of pyridine rings is 1. The van der Waals surface area contributed by atoms with Gasteiger partial charge >= 0.3 is 0 Å². The Hall–Kier alpha value is -3.25. The fraction of sp³-hybridized carbons (Fsp3) is 0. The number of nitrogen functional groups attached to an aromatic ring is 1. The molecule has 0 atom stereocenters. The number of halogens is 2. The van der Waals surface area contributed by atoms with Crippen molar-refractivity contribution in [3.63, 3.8) is 0 Å². The number of aromatic amines is 1. The molecule has 11 heteroatoms. The summed E-state index contributed by atoms with van der Waals surface area (Å²) >= 11 is 1.08. The van der Waals surface area contributed by atoms with Crippen LogP contribution in [0.1, 0.15) is 0 Å². The number of nitrogens with one attached hydrogen (secondary N) is 1. The molecule has 4 rings (SSSR count). The minimum absolute atomic E-state index is 0. The standard InChI is InChI=1S/C18H13F2N5OS.2H2O/c19-12-7-10(21)8-13(20)17(12)25-14-5-6-23-18(26)15(14)16(24-25)9-1-3-11(27-22)4-2-9;;/h1-8H,21-22H2,(H,23,26);2*1H2. The summed E-state index contributed by atoms with van der Waals surface area (Å²) in [6.45, 7) is 0. The van der Waals surface area contributed by atoms with Crippen molar-refractivity contribution in [2.45, 2.75) is 4.90 Å². The van der Waals surface area contributed by atoms with E-state index >= 15 is 0 Å². The maximum Gasteiger partial charge on any atom is 0.259 e. The number of hydrogen-bond donors (Lipinski definition) is 3. The molecule has 2 aromatic heterocycles. The first-order valence-corrected chi connectivity index (χ1v) is 8.70. The molecule has 152 valence electrons. The Morgan fingerprint density at radius 1 is 1.03 bits per heavy atom. The highest BCUT2D eigenvalue weighted by Gasteiger charge is 2.21. The van der Waals surface area contributed by atoms with Gasteiger partial charge in [-0.3, -0.25) is 9.93 Å². The molecule has 0 aliphatic rings. The average Bonchev–Trinajstić information content (AvgIpc) is 3.02. The predicted molar refractivity (Wildman–Crippen MR) is 109 cm³/mol. The van der Waals surface area contributed by atoms with Gasteiger partial charge in [0.2, 0.25) is 0 Å². The molecule has 0 saturated heterocycles. The Labute approximate surface area is 166 Å². The Bertz CT molecular complexity index is 1200. The van der Waals surface area contributed by atoms with Crippen LogP contribution in [-0.4, -0.2) is 25.7 Å². The lowest BCUT2D eigenvalue weighted by atomic mass is 10.1. The van der Waals surface area contributed by atoms with Crippen molar-refractivity contribution in [2.75, 3.05) is 5.73 Å². The number of H-pyrrole nitrogens is 1. The van der Waals surface area contributed by atoms with Crippen LogP contribution in [0, 0.1) is 11.6 Å². The van der Waals surface area contributed by atoms with Gasteiger partial charge in [0.05, 0.1) is 10.9 Å².